The first kappa shape index (κ1) is 13.3. The van der Waals surface area contributed by atoms with Crippen LogP contribution in [0.25, 0.3) is 11.6 Å². The van der Waals surface area contributed by atoms with Crippen LogP contribution >= 0.6 is 27.5 Å². The Labute approximate surface area is 128 Å². The summed E-state index contributed by atoms with van der Waals surface area (Å²) in [5.41, 5.74) is 2.14. The second kappa shape index (κ2) is 5.04. The molecule has 0 saturated carbocycles. The largest absolute Gasteiger partial charge is 0.321 e. The standard InChI is InChI=1S/C15H8BrClFNO/c16-12-3-1-2-8(14(12)18)6-11-10-5-4-9(17)7-13(10)19-15(11)20/h1-7H,(H,19,20)/b11-6-. The van der Waals surface area contributed by atoms with Gasteiger partial charge in [0.2, 0.25) is 0 Å². The van der Waals surface area contributed by atoms with Crippen LogP contribution in [0.4, 0.5) is 10.1 Å². The quantitative estimate of drug-likeness (QED) is 0.738. The minimum absolute atomic E-state index is 0.262. The molecule has 0 fully saturated rings. The molecule has 1 aliphatic heterocycles. The van der Waals surface area contributed by atoms with Gasteiger partial charge in [0, 0.05) is 21.7 Å². The summed E-state index contributed by atoms with van der Waals surface area (Å²) in [6, 6.07) is 10.1. The predicted molar refractivity (Wildman–Crippen MR) is 82.1 cm³/mol. The Hall–Kier alpha value is -1.65. The Morgan fingerprint density at radius 3 is 2.85 bits per heavy atom. The number of hydrogen-bond acceptors (Lipinski definition) is 1. The molecular weight excluding hydrogens is 345 g/mol. The van der Waals surface area contributed by atoms with Crippen LogP contribution in [0.1, 0.15) is 11.1 Å². The van der Waals surface area contributed by atoms with E-state index in [0.29, 0.717) is 26.3 Å². The number of anilines is 1. The summed E-state index contributed by atoms with van der Waals surface area (Å²) in [7, 11) is 0. The molecule has 20 heavy (non-hydrogen) atoms. The van der Waals surface area contributed by atoms with Gasteiger partial charge in [0.05, 0.1) is 10.2 Å². The van der Waals surface area contributed by atoms with Gasteiger partial charge in [-0.25, -0.2) is 4.39 Å². The van der Waals surface area contributed by atoms with Crippen molar-refractivity contribution in [2.75, 3.05) is 5.32 Å². The third kappa shape index (κ3) is 2.25. The number of hydrogen-bond donors (Lipinski definition) is 1. The first-order valence-corrected chi connectivity index (χ1v) is 7.00. The van der Waals surface area contributed by atoms with Crippen molar-refractivity contribution in [3.8, 4) is 0 Å². The van der Waals surface area contributed by atoms with Gasteiger partial charge in [-0.05, 0) is 40.2 Å². The maximum atomic E-state index is 14.0. The number of carbonyl (C=O) groups excluding carboxylic acids is 1. The SMILES string of the molecule is O=C1Nc2cc(Cl)ccc2/C1=C/c1cccc(Br)c1F. The average molecular weight is 353 g/mol. The van der Waals surface area contributed by atoms with Crippen molar-refractivity contribution in [2.45, 2.75) is 0 Å². The van der Waals surface area contributed by atoms with Crippen molar-refractivity contribution in [1.29, 1.82) is 0 Å². The predicted octanol–water partition coefficient (Wildman–Crippen LogP) is 4.73. The normalized spacial score (nSPS) is 15.3. The van der Waals surface area contributed by atoms with Gasteiger partial charge >= 0.3 is 0 Å². The maximum Gasteiger partial charge on any atom is 0.256 e. The van der Waals surface area contributed by atoms with E-state index >= 15 is 0 Å². The van der Waals surface area contributed by atoms with E-state index in [1.165, 1.54) is 6.08 Å². The molecule has 0 unspecified atom stereocenters. The molecule has 1 N–H and O–H groups in total. The zero-order valence-corrected chi connectivity index (χ0v) is 12.4. The van der Waals surface area contributed by atoms with Crippen LogP contribution in [0.3, 0.4) is 0 Å². The minimum Gasteiger partial charge on any atom is -0.321 e. The highest BCUT2D eigenvalue weighted by atomic mass is 79.9. The van der Waals surface area contributed by atoms with E-state index in [0.717, 1.165) is 5.56 Å². The van der Waals surface area contributed by atoms with E-state index < -0.39 is 5.82 Å². The lowest BCUT2D eigenvalue weighted by Gasteiger charge is -2.02. The molecule has 2 aromatic rings. The van der Waals surface area contributed by atoms with E-state index in [2.05, 4.69) is 21.2 Å². The Morgan fingerprint density at radius 2 is 2.05 bits per heavy atom. The van der Waals surface area contributed by atoms with Crippen LogP contribution in [0.5, 0.6) is 0 Å². The van der Waals surface area contributed by atoms with E-state index in [9.17, 15) is 9.18 Å². The molecule has 1 heterocycles. The summed E-state index contributed by atoms with van der Waals surface area (Å²) in [5.74, 6) is -0.656. The highest BCUT2D eigenvalue weighted by molar-refractivity contribution is 9.10. The molecule has 1 amide bonds. The van der Waals surface area contributed by atoms with Crippen LogP contribution in [-0.2, 0) is 4.79 Å². The van der Waals surface area contributed by atoms with Crippen molar-refractivity contribution in [1.82, 2.24) is 0 Å². The summed E-state index contributed by atoms with van der Waals surface area (Å²) in [4.78, 5) is 12.0. The monoisotopic (exact) mass is 351 g/mol. The summed E-state index contributed by atoms with van der Waals surface area (Å²) >= 11 is 9.02. The number of fused-ring (bicyclic) bond motifs is 1. The zero-order chi connectivity index (χ0) is 14.3. The molecule has 1 aliphatic rings. The van der Waals surface area contributed by atoms with Crippen molar-refractivity contribution >= 4 is 50.8 Å². The van der Waals surface area contributed by atoms with Crippen molar-refractivity contribution in [3.63, 3.8) is 0 Å². The Balaban J connectivity index is 2.14. The molecule has 0 bridgehead atoms. The van der Waals surface area contributed by atoms with Crippen LogP contribution < -0.4 is 5.32 Å². The van der Waals surface area contributed by atoms with Crippen LogP contribution in [0, 0.1) is 5.82 Å². The van der Waals surface area contributed by atoms with E-state index in [4.69, 9.17) is 11.6 Å². The molecule has 2 nitrogen and oxygen atoms in total. The highest BCUT2D eigenvalue weighted by Gasteiger charge is 2.24. The average Bonchev–Trinajstić information content (AvgIpc) is 2.70. The molecule has 0 radical (unpaired) electrons. The van der Waals surface area contributed by atoms with E-state index in [1.54, 1.807) is 36.4 Å². The lowest BCUT2D eigenvalue weighted by atomic mass is 10.0. The third-order valence-corrected chi connectivity index (χ3v) is 3.89. The smallest absolute Gasteiger partial charge is 0.256 e. The molecule has 0 aliphatic carbocycles. The van der Waals surface area contributed by atoms with Crippen molar-refractivity contribution in [2.24, 2.45) is 0 Å². The molecule has 100 valence electrons. The topological polar surface area (TPSA) is 29.1 Å². The second-order valence-electron chi connectivity index (χ2n) is 4.35. The number of rotatable bonds is 1. The summed E-state index contributed by atoms with van der Waals surface area (Å²) < 4.78 is 14.3. The van der Waals surface area contributed by atoms with Gasteiger partial charge in [0.25, 0.3) is 5.91 Å². The van der Waals surface area contributed by atoms with E-state index in [-0.39, 0.29) is 5.91 Å². The third-order valence-electron chi connectivity index (χ3n) is 3.05. The number of amides is 1. The van der Waals surface area contributed by atoms with Crippen LogP contribution in [0.15, 0.2) is 40.9 Å². The fraction of sp³-hybridized carbons (Fsp3) is 0. The number of carbonyl (C=O) groups is 1. The lowest BCUT2D eigenvalue weighted by molar-refractivity contribution is -0.110. The Bertz CT molecular complexity index is 758. The highest BCUT2D eigenvalue weighted by Crippen LogP contribution is 2.35. The van der Waals surface area contributed by atoms with Gasteiger partial charge < -0.3 is 5.32 Å². The molecule has 0 atom stereocenters. The molecule has 5 heteroatoms. The minimum atomic E-state index is -0.393. The first-order chi connectivity index (χ1) is 9.56. The van der Waals surface area contributed by atoms with Crippen LogP contribution in [0.2, 0.25) is 5.02 Å². The Kier molecular flexibility index (Phi) is 3.36. The molecular formula is C15H8BrClFNO. The van der Waals surface area contributed by atoms with Gasteiger partial charge in [-0.3, -0.25) is 4.79 Å². The molecule has 0 saturated heterocycles. The van der Waals surface area contributed by atoms with Gasteiger partial charge in [0.15, 0.2) is 0 Å². The number of halogens is 3. The summed E-state index contributed by atoms with van der Waals surface area (Å²) in [6.45, 7) is 0. The lowest BCUT2D eigenvalue weighted by Crippen LogP contribution is -2.03. The fourth-order valence-electron chi connectivity index (χ4n) is 2.10. The van der Waals surface area contributed by atoms with E-state index in [1.807, 2.05) is 0 Å². The zero-order valence-electron chi connectivity index (χ0n) is 10.1. The van der Waals surface area contributed by atoms with Crippen molar-refractivity contribution in [3.05, 3.63) is 62.8 Å². The maximum absolute atomic E-state index is 14.0. The first-order valence-electron chi connectivity index (χ1n) is 5.83. The summed E-state index contributed by atoms with van der Waals surface area (Å²) in [6.07, 6.45) is 1.54. The number of nitrogens with one attached hydrogen (secondary N) is 1. The fourth-order valence-corrected chi connectivity index (χ4v) is 2.65. The molecule has 0 aromatic heterocycles. The van der Waals surface area contributed by atoms with Gasteiger partial charge in [-0.1, -0.05) is 29.8 Å². The van der Waals surface area contributed by atoms with Crippen molar-refractivity contribution < 1.29 is 9.18 Å². The van der Waals surface area contributed by atoms with Crippen LogP contribution in [-0.4, -0.2) is 5.91 Å². The Morgan fingerprint density at radius 1 is 1.25 bits per heavy atom. The molecule has 2 aromatic carbocycles. The molecule has 0 spiro atoms. The summed E-state index contributed by atoms with van der Waals surface area (Å²) in [5, 5.41) is 3.26. The van der Waals surface area contributed by atoms with Gasteiger partial charge in [0.1, 0.15) is 5.82 Å². The number of benzene rings is 2. The van der Waals surface area contributed by atoms with Gasteiger partial charge in [-0.15, -0.1) is 0 Å². The molecule has 3 rings (SSSR count). The van der Waals surface area contributed by atoms with Gasteiger partial charge in [-0.2, -0.15) is 0 Å². The second-order valence-corrected chi connectivity index (χ2v) is 5.64.